The highest BCUT2D eigenvalue weighted by atomic mass is 16.6. The van der Waals surface area contributed by atoms with E-state index in [0.717, 1.165) is 51.4 Å². The fraction of sp³-hybridized carbons (Fsp3) is 0.755. The molecule has 61 heavy (non-hydrogen) atoms. The number of allylic oxidation sites excluding steroid dienone is 10. The van der Waals surface area contributed by atoms with Crippen LogP contribution in [0.5, 0.6) is 0 Å². The second-order valence-corrected chi connectivity index (χ2v) is 17.7. The van der Waals surface area contributed by atoms with E-state index < -0.39 is 18.1 Å². The first-order chi connectivity index (χ1) is 29.6. The first-order valence-corrected chi connectivity index (χ1v) is 24.8. The third-order valence-corrected chi connectivity index (χ3v) is 10.9. The molecule has 0 aromatic heterocycles. The van der Waals surface area contributed by atoms with Gasteiger partial charge < -0.3 is 23.8 Å². The highest BCUT2D eigenvalue weighted by molar-refractivity contribution is 5.72. The fourth-order valence-corrected chi connectivity index (χ4v) is 7.14. The Morgan fingerprint density at radius 3 is 1.33 bits per heavy atom. The maximum Gasteiger partial charge on any atom is 0.362 e. The number of quaternary nitrogens is 1. The van der Waals surface area contributed by atoms with Gasteiger partial charge in [-0.05, 0) is 44.9 Å². The number of nitrogens with zero attached hydrogens (tertiary/aromatic N) is 1. The summed E-state index contributed by atoms with van der Waals surface area (Å²) in [4.78, 5) is 37.1. The highest BCUT2D eigenvalue weighted by Crippen LogP contribution is 2.16. The molecule has 2 unspecified atom stereocenters. The molecular weight excluding hydrogens is 763 g/mol. The van der Waals surface area contributed by atoms with Crippen molar-refractivity contribution in [3.8, 4) is 0 Å². The van der Waals surface area contributed by atoms with Gasteiger partial charge in [-0.1, -0.05) is 203 Å². The van der Waals surface area contributed by atoms with E-state index in [9.17, 15) is 19.5 Å². The molecule has 352 valence electrons. The van der Waals surface area contributed by atoms with Crippen molar-refractivity contribution in [3.63, 3.8) is 0 Å². The number of carbonyl (C=O) groups excluding carboxylic acids is 2. The maximum atomic E-state index is 12.7. The SMILES string of the molecule is CC/C=C/C/C=C/C/C=C/C/C=C/C/C=C/CCC(=O)OC(COCCC(C(=O)O)[N+](C)(C)C)COC(=O)CCCCCCCCCCCCCCCCCCCCCCC. The van der Waals surface area contributed by atoms with Crippen molar-refractivity contribution in [2.24, 2.45) is 0 Å². The van der Waals surface area contributed by atoms with Gasteiger partial charge in [-0.25, -0.2) is 4.79 Å². The normalized spacial score (nSPS) is 13.4. The number of carboxylic acid groups (broad SMARTS) is 1. The Labute approximate surface area is 375 Å². The van der Waals surface area contributed by atoms with E-state index in [1.807, 2.05) is 33.3 Å². The summed E-state index contributed by atoms with van der Waals surface area (Å²) in [5, 5.41) is 9.64. The molecule has 0 aromatic carbocycles. The number of hydrogen-bond acceptors (Lipinski definition) is 6. The lowest BCUT2D eigenvalue weighted by molar-refractivity contribution is -0.887. The van der Waals surface area contributed by atoms with Crippen LogP contribution in [0.15, 0.2) is 60.8 Å². The molecule has 2 atom stereocenters. The van der Waals surface area contributed by atoms with E-state index in [4.69, 9.17) is 14.2 Å². The first-order valence-electron chi connectivity index (χ1n) is 24.8. The monoisotopic (exact) mass is 857 g/mol. The van der Waals surface area contributed by atoms with E-state index >= 15 is 0 Å². The maximum absolute atomic E-state index is 12.7. The number of carbonyl (C=O) groups is 3. The molecule has 0 aliphatic carbocycles. The number of carboxylic acids is 1. The molecule has 0 radical (unpaired) electrons. The molecule has 0 spiro atoms. The first kappa shape index (κ1) is 58.0. The predicted octanol–water partition coefficient (Wildman–Crippen LogP) is 14.1. The van der Waals surface area contributed by atoms with Crippen LogP contribution in [0.2, 0.25) is 0 Å². The zero-order valence-electron chi connectivity index (χ0n) is 40.1. The highest BCUT2D eigenvalue weighted by Gasteiger charge is 2.31. The van der Waals surface area contributed by atoms with Crippen LogP contribution in [-0.4, -0.2) is 80.6 Å². The predicted molar refractivity (Wildman–Crippen MR) is 257 cm³/mol. The van der Waals surface area contributed by atoms with Gasteiger partial charge in [0.15, 0.2) is 12.1 Å². The van der Waals surface area contributed by atoms with Crippen LogP contribution in [0, 0.1) is 0 Å². The van der Waals surface area contributed by atoms with Gasteiger partial charge in [0, 0.05) is 19.3 Å². The Morgan fingerprint density at radius 1 is 0.508 bits per heavy atom. The average molecular weight is 857 g/mol. The van der Waals surface area contributed by atoms with Crippen LogP contribution >= 0.6 is 0 Å². The second kappa shape index (κ2) is 43.7. The zero-order chi connectivity index (χ0) is 44.9. The Morgan fingerprint density at radius 2 is 0.918 bits per heavy atom. The third kappa shape index (κ3) is 42.1. The van der Waals surface area contributed by atoms with Crippen molar-refractivity contribution in [1.82, 2.24) is 0 Å². The molecule has 0 aromatic rings. The number of likely N-dealkylation sites (N-methyl/N-ethyl adjacent to an activating group) is 1. The summed E-state index contributed by atoms with van der Waals surface area (Å²) < 4.78 is 17.2. The van der Waals surface area contributed by atoms with Gasteiger partial charge >= 0.3 is 17.9 Å². The Kier molecular flexibility index (Phi) is 41.5. The van der Waals surface area contributed by atoms with Gasteiger partial charge in [-0.3, -0.25) is 9.59 Å². The fourth-order valence-electron chi connectivity index (χ4n) is 7.14. The number of unbranched alkanes of at least 4 members (excludes halogenated alkanes) is 20. The minimum atomic E-state index is -0.886. The molecule has 8 heteroatoms. The van der Waals surface area contributed by atoms with E-state index in [2.05, 4.69) is 62.5 Å². The minimum absolute atomic E-state index is 0.0313. The quantitative estimate of drug-likeness (QED) is 0.0282. The van der Waals surface area contributed by atoms with E-state index in [-0.39, 0.29) is 42.7 Å². The number of hydrogen-bond donors (Lipinski definition) is 1. The molecule has 8 nitrogen and oxygen atoms in total. The standard InChI is InChI=1S/C53H93NO7/c1-6-8-10-12-14-16-18-20-22-24-25-26-27-28-30-31-33-35-37-39-41-43-51(55)60-48-49(47-59-46-45-50(53(57)58)54(3,4)5)61-52(56)44-42-40-38-36-34-32-29-23-21-19-17-15-13-11-9-7-2/h9,11,15,17,21,23,32,34,38,40,49-50H,6-8,10,12-14,16,18-20,22,24-31,33,35-37,39,41-48H2,1-5H3/p+1/b11-9+,17-15+,23-21+,34-32+,40-38+. The van der Waals surface area contributed by atoms with Crippen molar-refractivity contribution in [2.75, 3.05) is 41.0 Å². The molecule has 0 aliphatic rings. The van der Waals surface area contributed by atoms with Crippen LogP contribution < -0.4 is 0 Å². The van der Waals surface area contributed by atoms with Crippen LogP contribution in [0.3, 0.4) is 0 Å². The van der Waals surface area contributed by atoms with E-state index in [1.165, 1.54) is 116 Å². The third-order valence-electron chi connectivity index (χ3n) is 10.9. The van der Waals surface area contributed by atoms with Crippen LogP contribution in [-0.2, 0) is 28.6 Å². The zero-order valence-corrected chi connectivity index (χ0v) is 40.1. The lowest BCUT2D eigenvalue weighted by Gasteiger charge is -2.31. The van der Waals surface area contributed by atoms with Crippen molar-refractivity contribution in [2.45, 2.75) is 219 Å². The number of esters is 2. The van der Waals surface area contributed by atoms with Crippen LogP contribution in [0.25, 0.3) is 0 Å². The van der Waals surface area contributed by atoms with Gasteiger partial charge in [0.2, 0.25) is 0 Å². The lowest BCUT2D eigenvalue weighted by atomic mass is 10.0. The molecule has 0 amide bonds. The molecule has 0 fully saturated rings. The summed E-state index contributed by atoms with van der Waals surface area (Å²) in [6.07, 6.45) is 54.4. The summed E-state index contributed by atoms with van der Waals surface area (Å²) >= 11 is 0. The second-order valence-electron chi connectivity index (χ2n) is 17.7. The molecule has 0 rings (SSSR count). The number of ether oxygens (including phenoxy) is 3. The van der Waals surface area contributed by atoms with Gasteiger partial charge in [-0.15, -0.1) is 0 Å². The Hall–Kier alpha value is -2.97. The molecule has 0 saturated heterocycles. The summed E-state index contributed by atoms with van der Waals surface area (Å²) in [7, 11) is 5.51. The summed E-state index contributed by atoms with van der Waals surface area (Å²) in [5.41, 5.74) is 0. The van der Waals surface area contributed by atoms with Crippen LogP contribution in [0.4, 0.5) is 0 Å². The van der Waals surface area contributed by atoms with Crippen molar-refractivity contribution in [3.05, 3.63) is 60.8 Å². The van der Waals surface area contributed by atoms with E-state index in [1.54, 1.807) is 0 Å². The number of rotatable bonds is 44. The van der Waals surface area contributed by atoms with Gasteiger partial charge in [-0.2, -0.15) is 0 Å². The molecule has 0 heterocycles. The van der Waals surface area contributed by atoms with Gasteiger partial charge in [0.25, 0.3) is 0 Å². The molecular formula is C53H94NO7+. The molecule has 0 aliphatic heterocycles. The van der Waals surface area contributed by atoms with Crippen molar-refractivity contribution >= 4 is 17.9 Å². The average Bonchev–Trinajstić information content (AvgIpc) is 3.22. The molecule has 0 saturated carbocycles. The largest absolute Gasteiger partial charge is 0.477 e. The number of aliphatic carboxylic acids is 1. The molecule has 1 N–H and O–H groups in total. The van der Waals surface area contributed by atoms with E-state index in [0.29, 0.717) is 19.3 Å². The van der Waals surface area contributed by atoms with Gasteiger partial charge in [0.1, 0.15) is 6.61 Å². The molecule has 0 bridgehead atoms. The summed E-state index contributed by atoms with van der Waals surface area (Å²) in [6, 6.07) is -0.629. The lowest BCUT2D eigenvalue weighted by Crippen LogP contribution is -2.50. The topological polar surface area (TPSA) is 99.1 Å². The van der Waals surface area contributed by atoms with Crippen LogP contribution in [0.1, 0.15) is 206 Å². The Bertz CT molecular complexity index is 1180. The van der Waals surface area contributed by atoms with Crippen molar-refractivity contribution in [1.29, 1.82) is 0 Å². The Balaban J connectivity index is 4.31. The van der Waals surface area contributed by atoms with Crippen molar-refractivity contribution < 1.29 is 38.2 Å². The smallest absolute Gasteiger partial charge is 0.362 e. The summed E-state index contributed by atoms with van der Waals surface area (Å²) in [6.45, 7) is 4.56. The van der Waals surface area contributed by atoms with Gasteiger partial charge in [0.05, 0.1) is 34.4 Å². The summed E-state index contributed by atoms with van der Waals surface area (Å²) in [5.74, 6) is -1.57. The minimum Gasteiger partial charge on any atom is -0.477 e.